The van der Waals surface area contributed by atoms with Crippen LogP contribution in [0, 0.1) is 20.9 Å². The first-order valence-electron chi connectivity index (χ1n) is 6.34. The van der Waals surface area contributed by atoms with E-state index in [0.29, 0.717) is 0 Å². The number of nitrogens with one attached hydrogen (secondary N) is 1. The molecule has 0 bridgehead atoms. The van der Waals surface area contributed by atoms with Crippen molar-refractivity contribution in [3.8, 4) is 0 Å². The maximum Gasteiger partial charge on any atom is 0.300 e. The molecule has 0 aliphatic heterocycles. The zero-order valence-corrected chi connectivity index (χ0v) is 12.6. The summed E-state index contributed by atoms with van der Waals surface area (Å²) >= 11 is 5.81. The lowest BCUT2D eigenvalue weighted by atomic mass is 10.0. The first kappa shape index (κ1) is 14.8. The van der Waals surface area contributed by atoms with Gasteiger partial charge in [0.1, 0.15) is 10.6 Å². The molecule has 1 fully saturated rings. The molecule has 1 aliphatic carbocycles. The van der Waals surface area contributed by atoms with Gasteiger partial charge in [-0.2, -0.15) is 0 Å². The standard InChI is InChI=1S/C14H17ClN2O3/c1-13(2)12(14(13,3)4)16-11(18)8-6-5-7-9(15)10(8)17(19)20/h5-7,12H,1-4H3,(H,16,18). The van der Waals surface area contributed by atoms with E-state index >= 15 is 0 Å². The number of benzene rings is 1. The van der Waals surface area contributed by atoms with Gasteiger partial charge in [-0.15, -0.1) is 0 Å². The van der Waals surface area contributed by atoms with Crippen LogP contribution in [0.2, 0.25) is 5.02 Å². The Morgan fingerprint density at radius 2 is 1.85 bits per heavy atom. The third-order valence-electron chi connectivity index (χ3n) is 4.71. The van der Waals surface area contributed by atoms with Gasteiger partial charge in [-0.25, -0.2) is 0 Å². The van der Waals surface area contributed by atoms with E-state index in [1.807, 2.05) is 0 Å². The van der Waals surface area contributed by atoms with Crippen molar-refractivity contribution in [1.29, 1.82) is 0 Å². The average Bonchev–Trinajstić information content (AvgIpc) is 2.70. The summed E-state index contributed by atoms with van der Waals surface area (Å²) in [4.78, 5) is 22.7. The fraction of sp³-hybridized carbons (Fsp3) is 0.500. The summed E-state index contributed by atoms with van der Waals surface area (Å²) in [7, 11) is 0. The van der Waals surface area contributed by atoms with E-state index in [1.165, 1.54) is 18.2 Å². The van der Waals surface area contributed by atoms with E-state index in [0.717, 1.165) is 0 Å². The molecule has 0 atom stereocenters. The van der Waals surface area contributed by atoms with E-state index < -0.39 is 10.8 Å². The van der Waals surface area contributed by atoms with Crippen LogP contribution in [0.4, 0.5) is 5.69 Å². The molecule has 0 aromatic heterocycles. The molecule has 0 spiro atoms. The SMILES string of the molecule is CC1(C)C(NC(=O)c2cccc(Cl)c2[N+](=O)[O-])C1(C)C. The third kappa shape index (κ3) is 2.06. The molecule has 20 heavy (non-hydrogen) atoms. The Labute approximate surface area is 122 Å². The Bertz CT molecular complexity index is 582. The van der Waals surface area contributed by atoms with Crippen LogP contribution in [0.1, 0.15) is 38.1 Å². The summed E-state index contributed by atoms with van der Waals surface area (Å²) < 4.78 is 0. The number of hydrogen-bond acceptors (Lipinski definition) is 3. The van der Waals surface area contributed by atoms with Gasteiger partial charge in [0.15, 0.2) is 0 Å². The normalized spacial score (nSPS) is 19.4. The molecule has 1 aromatic carbocycles. The average molecular weight is 297 g/mol. The van der Waals surface area contributed by atoms with Gasteiger partial charge in [0.2, 0.25) is 0 Å². The molecule has 1 amide bonds. The van der Waals surface area contributed by atoms with E-state index in [9.17, 15) is 14.9 Å². The van der Waals surface area contributed by atoms with Crippen LogP contribution in [0.25, 0.3) is 0 Å². The Morgan fingerprint density at radius 3 is 2.30 bits per heavy atom. The number of rotatable bonds is 3. The van der Waals surface area contributed by atoms with Gasteiger partial charge in [-0.05, 0) is 23.0 Å². The Hall–Kier alpha value is -1.62. The summed E-state index contributed by atoms with van der Waals surface area (Å²) in [5.41, 5.74) is -0.407. The highest BCUT2D eigenvalue weighted by Gasteiger charge is 2.65. The van der Waals surface area contributed by atoms with Gasteiger partial charge < -0.3 is 5.32 Å². The zero-order valence-electron chi connectivity index (χ0n) is 11.9. The monoisotopic (exact) mass is 296 g/mol. The van der Waals surface area contributed by atoms with E-state index in [2.05, 4.69) is 33.0 Å². The van der Waals surface area contributed by atoms with Crippen molar-refractivity contribution in [3.05, 3.63) is 38.9 Å². The molecule has 2 rings (SSSR count). The minimum Gasteiger partial charge on any atom is -0.348 e. The number of nitro groups is 1. The van der Waals surface area contributed by atoms with Crippen molar-refractivity contribution >= 4 is 23.2 Å². The number of halogens is 1. The Kier molecular flexibility index (Phi) is 3.29. The number of nitrogens with zero attached hydrogens (tertiary/aromatic N) is 1. The molecule has 1 N–H and O–H groups in total. The molecule has 0 saturated heterocycles. The molecular weight excluding hydrogens is 280 g/mol. The second-order valence-corrected chi connectivity index (χ2v) is 6.65. The molecular formula is C14H17ClN2O3. The van der Waals surface area contributed by atoms with Crippen LogP contribution >= 0.6 is 11.6 Å². The van der Waals surface area contributed by atoms with Gasteiger partial charge >= 0.3 is 5.69 Å². The lowest BCUT2D eigenvalue weighted by molar-refractivity contribution is -0.385. The van der Waals surface area contributed by atoms with Crippen LogP contribution in [-0.4, -0.2) is 16.9 Å². The topological polar surface area (TPSA) is 72.2 Å². The summed E-state index contributed by atoms with van der Waals surface area (Å²) in [6.45, 7) is 8.24. The van der Waals surface area contributed by atoms with Crippen molar-refractivity contribution in [2.24, 2.45) is 10.8 Å². The number of carbonyl (C=O) groups excluding carboxylic acids is 1. The molecule has 5 nitrogen and oxygen atoms in total. The predicted molar refractivity (Wildman–Crippen MR) is 76.9 cm³/mol. The second kappa shape index (κ2) is 4.45. The first-order chi connectivity index (χ1) is 9.10. The highest BCUT2D eigenvalue weighted by atomic mass is 35.5. The quantitative estimate of drug-likeness (QED) is 0.686. The van der Waals surface area contributed by atoms with E-state index in [-0.39, 0.29) is 33.1 Å². The van der Waals surface area contributed by atoms with Crippen molar-refractivity contribution in [2.75, 3.05) is 0 Å². The smallest absolute Gasteiger partial charge is 0.300 e. The number of nitro benzene ring substituents is 1. The Morgan fingerprint density at radius 1 is 1.30 bits per heavy atom. The second-order valence-electron chi connectivity index (χ2n) is 6.24. The third-order valence-corrected chi connectivity index (χ3v) is 5.02. The van der Waals surface area contributed by atoms with Crippen LogP contribution in [0.15, 0.2) is 18.2 Å². The van der Waals surface area contributed by atoms with Crippen molar-refractivity contribution in [1.82, 2.24) is 5.32 Å². The van der Waals surface area contributed by atoms with Gasteiger partial charge in [0.25, 0.3) is 5.91 Å². The number of para-hydroxylation sites is 1. The largest absolute Gasteiger partial charge is 0.348 e. The van der Waals surface area contributed by atoms with E-state index in [4.69, 9.17) is 11.6 Å². The maximum atomic E-state index is 12.3. The lowest BCUT2D eigenvalue weighted by Crippen LogP contribution is -2.30. The minimum absolute atomic E-state index is 0.000926. The van der Waals surface area contributed by atoms with Gasteiger partial charge in [-0.1, -0.05) is 45.4 Å². The fourth-order valence-electron chi connectivity index (χ4n) is 2.65. The molecule has 6 heteroatoms. The molecule has 1 aliphatic rings. The summed E-state index contributed by atoms with van der Waals surface area (Å²) in [6, 6.07) is 4.34. The van der Waals surface area contributed by atoms with Crippen molar-refractivity contribution in [2.45, 2.75) is 33.7 Å². The zero-order chi connectivity index (χ0) is 15.3. The molecule has 0 unspecified atom stereocenters. The van der Waals surface area contributed by atoms with Crippen LogP contribution in [-0.2, 0) is 0 Å². The molecule has 1 aromatic rings. The summed E-state index contributed by atoms with van der Waals surface area (Å²) in [6.07, 6.45) is 0. The predicted octanol–water partition coefficient (Wildman–Crippen LogP) is 3.41. The van der Waals surface area contributed by atoms with Gasteiger partial charge in [0, 0.05) is 6.04 Å². The number of amides is 1. The summed E-state index contributed by atoms with van der Waals surface area (Å²) in [5, 5.41) is 13.9. The fourth-order valence-corrected chi connectivity index (χ4v) is 2.89. The number of carbonyl (C=O) groups is 1. The number of hydrogen-bond donors (Lipinski definition) is 1. The highest BCUT2D eigenvalue weighted by molar-refractivity contribution is 6.33. The highest BCUT2D eigenvalue weighted by Crippen LogP contribution is 2.62. The van der Waals surface area contributed by atoms with Crippen LogP contribution < -0.4 is 5.32 Å². The molecule has 1 saturated carbocycles. The molecule has 0 radical (unpaired) electrons. The van der Waals surface area contributed by atoms with Crippen molar-refractivity contribution in [3.63, 3.8) is 0 Å². The Balaban J connectivity index is 2.28. The van der Waals surface area contributed by atoms with Gasteiger partial charge in [-0.3, -0.25) is 14.9 Å². The van der Waals surface area contributed by atoms with Crippen LogP contribution in [0.5, 0.6) is 0 Å². The first-order valence-corrected chi connectivity index (χ1v) is 6.72. The van der Waals surface area contributed by atoms with Crippen LogP contribution in [0.3, 0.4) is 0 Å². The van der Waals surface area contributed by atoms with E-state index in [1.54, 1.807) is 0 Å². The minimum atomic E-state index is -0.625. The molecule has 108 valence electrons. The molecule has 0 heterocycles. The van der Waals surface area contributed by atoms with Gasteiger partial charge in [0.05, 0.1) is 4.92 Å². The lowest BCUT2D eigenvalue weighted by Gasteiger charge is -2.08. The maximum absolute atomic E-state index is 12.3. The van der Waals surface area contributed by atoms with Crippen molar-refractivity contribution < 1.29 is 9.72 Å². The summed E-state index contributed by atoms with van der Waals surface area (Å²) in [5.74, 6) is -0.456.